The molecule has 0 fully saturated rings. The average molecular weight is 257 g/mol. The van der Waals surface area contributed by atoms with Crippen LogP contribution in [-0.2, 0) is 4.79 Å². The van der Waals surface area contributed by atoms with Crippen LogP contribution in [0.2, 0.25) is 0 Å². The van der Waals surface area contributed by atoms with Gasteiger partial charge in [-0.2, -0.15) is 5.10 Å². The van der Waals surface area contributed by atoms with Crippen LogP contribution in [-0.4, -0.2) is 16.1 Å². The lowest BCUT2D eigenvalue weighted by molar-refractivity contribution is -0.117. The van der Waals surface area contributed by atoms with E-state index in [9.17, 15) is 4.79 Å². The number of hydrogen-bond donors (Lipinski definition) is 2. The Balaban J connectivity index is 2.16. The zero-order valence-corrected chi connectivity index (χ0v) is 11.5. The minimum atomic E-state index is -0.141. The van der Waals surface area contributed by atoms with Crippen molar-refractivity contribution >= 4 is 11.7 Å². The van der Waals surface area contributed by atoms with Gasteiger partial charge in [-0.25, -0.2) is 0 Å². The minimum absolute atomic E-state index is 0.0108. The van der Waals surface area contributed by atoms with E-state index in [-0.39, 0.29) is 11.8 Å². The quantitative estimate of drug-likeness (QED) is 0.884. The molecule has 0 radical (unpaired) electrons. The Bertz CT molecular complexity index is 560. The second-order valence-corrected chi connectivity index (χ2v) is 4.68. The third-order valence-electron chi connectivity index (χ3n) is 3.42. The molecule has 0 saturated carbocycles. The number of hydrogen-bond acceptors (Lipinski definition) is 2. The van der Waals surface area contributed by atoms with Crippen LogP contribution >= 0.6 is 0 Å². The van der Waals surface area contributed by atoms with E-state index in [2.05, 4.69) is 15.5 Å². The van der Waals surface area contributed by atoms with Crippen LogP contribution in [0.3, 0.4) is 0 Å². The van der Waals surface area contributed by atoms with Crippen LogP contribution in [0.5, 0.6) is 0 Å². The molecule has 4 heteroatoms. The molecule has 4 nitrogen and oxygen atoms in total. The summed E-state index contributed by atoms with van der Waals surface area (Å²) < 4.78 is 0. The highest BCUT2D eigenvalue weighted by molar-refractivity contribution is 5.95. The van der Waals surface area contributed by atoms with E-state index in [1.807, 2.05) is 51.1 Å². The van der Waals surface area contributed by atoms with Gasteiger partial charge in [-0.3, -0.25) is 9.89 Å². The molecule has 2 rings (SSSR count). The summed E-state index contributed by atoms with van der Waals surface area (Å²) in [7, 11) is 0. The number of aromatic nitrogens is 2. The molecule has 0 bridgehead atoms. The predicted molar refractivity (Wildman–Crippen MR) is 76.2 cm³/mol. The van der Waals surface area contributed by atoms with Gasteiger partial charge in [0.15, 0.2) is 5.82 Å². The van der Waals surface area contributed by atoms with E-state index in [0.29, 0.717) is 5.82 Å². The number of carbonyl (C=O) groups excluding carboxylic acids is 1. The molecule has 0 aliphatic heterocycles. The van der Waals surface area contributed by atoms with Gasteiger partial charge >= 0.3 is 0 Å². The predicted octanol–water partition coefficient (Wildman–Crippen LogP) is 3.16. The Morgan fingerprint density at radius 3 is 2.53 bits per heavy atom. The summed E-state index contributed by atoms with van der Waals surface area (Å²) in [4.78, 5) is 12.3. The zero-order chi connectivity index (χ0) is 13.8. The first kappa shape index (κ1) is 13.3. The molecule has 0 saturated heterocycles. The molecule has 2 N–H and O–H groups in total. The minimum Gasteiger partial charge on any atom is -0.308 e. The first-order chi connectivity index (χ1) is 9.13. The Labute approximate surface area is 113 Å². The molecule has 1 aromatic carbocycles. The lowest BCUT2D eigenvalue weighted by atomic mass is 9.95. The summed E-state index contributed by atoms with van der Waals surface area (Å²) in [5.41, 5.74) is 2.99. The van der Waals surface area contributed by atoms with E-state index >= 15 is 0 Å². The number of nitrogens with zero attached hydrogens (tertiary/aromatic N) is 1. The summed E-state index contributed by atoms with van der Waals surface area (Å²) in [6.45, 7) is 5.89. The van der Waals surface area contributed by atoms with Crippen molar-refractivity contribution in [3.8, 4) is 0 Å². The Morgan fingerprint density at radius 1 is 1.32 bits per heavy atom. The van der Waals surface area contributed by atoms with Gasteiger partial charge in [-0.05, 0) is 25.8 Å². The van der Waals surface area contributed by atoms with Gasteiger partial charge in [0.2, 0.25) is 5.91 Å². The third-order valence-corrected chi connectivity index (χ3v) is 3.42. The van der Waals surface area contributed by atoms with Crippen molar-refractivity contribution in [2.45, 2.75) is 33.1 Å². The summed E-state index contributed by atoms with van der Waals surface area (Å²) in [6.07, 6.45) is 0.762. The number of nitrogens with one attached hydrogen (secondary N) is 2. The van der Waals surface area contributed by atoms with Crippen molar-refractivity contribution in [2.24, 2.45) is 0 Å². The van der Waals surface area contributed by atoms with E-state index in [4.69, 9.17) is 0 Å². The highest BCUT2D eigenvalue weighted by Crippen LogP contribution is 2.22. The SMILES string of the molecule is CCC(C(=O)Nc1n[nH]c(C)c1C)c1ccccc1. The van der Waals surface area contributed by atoms with Gasteiger partial charge in [0, 0.05) is 11.3 Å². The Kier molecular flexibility index (Phi) is 4.00. The number of anilines is 1. The van der Waals surface area contributed by atoms with Crippen LogP contribution in [0.1, 0.15) is 36.1 Å². The maximum Gasteiger partial charge on any atom is 0.233 e. The van der Waals surface area contributed by atoms with Crippen molar-refractivity contribution in [1.82, 2.24) is 10.2 Å². The van der Waals surface area contributed by atoms with Gasteiger partial charge in [0.05, 0.1) is 5.92 Å². The smallest absolute Gasteiger partial charge is 0.233 e. The van der Waals surface area contributed by atoms with Gasteiger partial charge in [0.25, 0.3) is 0 Å². The summed E-state index contributed by atoms with van der Waals surface area (Å²) in [5.74, 6) is 0.470. The maximum atomic E-state index is 12.3. The summed E-state index contributed by atoms with van der Waals surface area (Å²) in [5, 5.41) is 9.88. The highest BCUT2D eigenvalue weighted by Gasteiger charge is 2.20. The number of aryl methyl sites for hydroxylation is 1. The number of rotatable bonds is 4. The molecular formula is C15H19N3O. The van der Waals surface area contributed by atoms with Crippen LogP contribution in [0, 0.1) is 13.8 Å². The lowest BCUT2D eigenvalue weighted by Gasteiger charge is -2.14. The van der Waals surface area contributed by atoms with Crippen LogP contribution in [0.15, 0.2) is 30.3 Å². The normalized spacial score (nSPS) is 12.2. The van der Waals surface area contributed by atoms with Gasteiger partial charge in [-0.15, -0.1) is 0 Å². The molecule has 1 unspecified atom stereocenters. The molecule has 100 valence electrons. The second-order valence-electron chi connectivity index (χ2n) is 4.68. The van der Waals surface area contributed by atoms with Crippen molar-refractivity contribution in [3.05, 3.63) is 47.2 Å². The summed E-state index contributed by atoms with van der Waals surface area (Å²) in [6, 6.07) is 9.83. The molecule has 1 aromatic heterocycles. The fourth-order valence-electron chi connectivity index (χ4n) is 2.07. The first-order valence-electron chi connectivity index (χ1n) is 6.50. The van der Waals surface area contributed by atoms with Crippen molar-refractivity contribution in [2.75, 3.05) is 5.32 Å². The Hall–Kier alpha value is -2.10. The Morgan fingerprint density at radius 2 is 2.00 bits per heavy atom. The van der Waals surface area contributed by atoms with E-state index in [0.717, 1.165) is 23.2 Å². The zero-order valence-electron chi connectivity index (χ0n) is 11.5. The standard InChI is InChI=1S/C15H19N3O/c1-4-13(12-8-6-5-7-9-12)15(19)16-14-10(2)11(3)17-18-14/h5-9,13H,4H2,1-3H3,(H2,16,17,18,19). The number of H-pyrrole nitrogens is 1. The van der Waals surface area contributed by atoms with E-state index in [1.54, 1.807) is 0 Å². The number of benzene rings is 1. The van der Waals surface area contributed by atoms with Gasteiger partial charge < -0.3 is 5.32 Å². The topological polar surface area (TPSA) is 57.8 Å². The molecule has 1 heterocycles. The molecule has 1 atom stereocenters. The average Bonchev–Trinajstić information content (AvgIpc) is 2.73. The number of aromatic amines is 1. The van der Waals surface area contributed by atoms with Crippen LogP contribution < -0.4 is 5.32 Å². The lowest BCUT2D eigenvalue weighted by Crippen LogP contribution is -2.21. The molecule has 1 amide bonds. The van der Waals surface area contributed by atoms with Crippen LogP contribution in [0.4, 0.5) is 5.82 Å². The fraction of sp³-hybridized carbons (Fsp3) is 0.333. The van der Waals surface area contributed by atoms with Gasteiger partial charge in [0.1, 0.15) is 0 Å². The second kappa shape index (κ2) is 5.69. The van der Waals surface area contributed by atoms with Crippen molar-refractivity contribution < 1.29 is 4.79 Å². The highest BCUT2D eigenvalue weighted by atomic mass is 16.2. The largest absolute Gasteiger partial charge is 0.308 e. The molecule has 0 aliphatic carbocycles. The monoisotopic (exact) mass is 257 g/mol. The first-order valence-corrected chi connectivity index (χ1v) is 6.50. The summed E-state index contributed by atoms with van der Waals surface area (Å²) >= 11 is 0. The number of amides is 1. The van der Waals surface area contributed by atoms with Crippen molar-refractivity contribution in [1.29, 1.82) is 0 Å². The molecule has 19 heavy (non-hydrogen) atoms. The molecule has 0 spiro atoms. The van der Waals surface area contributed by atoms with E-state index in [1.165, 1.54) is 0 Å². The van der Waals surface area contributed by atoms with E-state index < -0.39 is 0 Å². The maximum absolute atomic E-state index is 12.3. The molecule has 0 aliphatic rings. The molecule has 2 aromatic rings. The third kappa shape index (κ3) is 2.84. The molecular weight excluding hydrogens is 238 g/mol. The van der Waals surface area contributed by atoms with Crippen molar-refractivity contribution in [3.63, 3.8) is 0 Å². The number of carbonyl (C=O) groups is 1. The fourth-order valence-corrected chi connectivity index (χ4v) is 2.07. The van der Waals surface area contributed by atoms with Gasteiger partial charge in [-0.1, -0.05) is 37.3 Å². The van der Waals surface area contributed by atoms with Crippen LogP contribution in [0.25, 0.3) is 0 Å².